The number of carbonyl (C=O) groups is 2. The molecule has 2 heterocycles. The first-order valence-corrected chi connectivity index (χ1v) is 12.4. The number of hydrazone groups is 1. The number of carbonyl (C=O) groups excluding carboxylic acids is 2. The molecule has 1 atom stereocenters. The van der Waals surface area contributed by atoms with Crippen LogP contribution in [0.4, 0.5) is 10.1 Å². The first kappa shape index (κ1) is 24.9. The highest BCUT2D eigenvalue weighted by Crippen LogP contribution is 2.28. The Balaban J connectivity index is 1.32. The average molecular weight is 480 g/mol. The molecule has 2 aromatic rings. The largest absolute Gasteiger partial charge is 0.369 e. The van der Waals surface area contributed by atoms with Crippen LogP contribution >= 0.6 is 0 Å². The predicted molar refractivity (Wildman–Crippen MR) is 136 cm³/mol. The molecular weight excluding hydrogens is 445 g/mol. The first-order valence-electron chi connectivity index (χ1n) is 12.4. The van der Waals surface area contributed by atoms with E-state index in [-0.39, 0.29) is 36.5 Å². The number of nitrogens with zero attached hydrogens (tertiary/aromatic N) is 4. The Hall–Kier alpha value is -3.26. The summed E-state index contributed by atoms with van der Waals surface area (Å²) in [7, 11) is 0. The van der Waals surface area contributed by atoms with Crippen molar-refractivity contribution in [2.45, 2.75) is 39.2 Å². The van der Waals surface area contributed by atoms with Crippen LogP contribution in [0, 0.1) is 5.82 Å². The second-order valence-electron chi connectivity index (χ2n) is 9.09. The zero-order chi connectivity index (χ0) is 24.8. The smallest absolute Gasteiger partial charge is 0.243 e. The zero-order valence-corrected chi connectivity index (χ0v) is 20.5. The number of piperazine rings is 1. The SMILES string of the molecule is CCN1CCN(c2ccc(F)cc2C(C)NC(=O)CCC(=O)N2CCC(c3ccccc3)=N2)CC1. The molecular formula is C27H34FN5O2. The molecule has 4 rings (SSSR count). The minimum absolute atomic E-state index is 0.0652. The lowest BCUT2D eigenvalue weighted by molar-refractivity contribution is -0.133. The normalized spacial score (nSPS) is 17.3. The van der Waals surface area contributed by atoms with Crippen LogP contribution in [-0.4, -0.2) is 66.7 Å². The van der Waals surface area contributed by atoms with Gasteiger partial charge < -0.3 is 15.1 Å². The minimum Gasteiger partial charge on any atom is -0.369 e. The van der Waals surface area contributed by atoms with Crippen molar-refractivity contribution in [2.24, 2.45) is 5.10 Å². The summed E-state index contributed by atoms with van der Waals surface area (Å²) in [6, 6.07) is 14.2. The molecule has 2 aliphatic heterocycles. The highest BCUT2D eigenvalue weighted by molar-refractivity contribution is 6.02. The number of hydrogen-bond acceptors (Lipinski definition) is 5. The van der Waals surface area contributed by atoms with E-state index in [0.29, 0.717) is 13.0 Å². The van der Waals surface area contributed by atoms with E-state index in [1.165, 1.54) is 17.1 Å². The van der Waals surface area contributed by atoms with Gasteiger partial charge in [-0.3, -0.25) is 9.59 Å². The van der Waals surface area contributed by atoms with E-state index in [4.69, 9.17) is 0 Å². The Morgan fingerprint density at radius 3 is 2.49 bits per heavy atom. The third-order valence-electron chi connectivity index (χ3n) is 6.76. The predicted octanol–water partition coefficient (Wildman–Crippen LogP) is 3.56. The molecule has 0 aliphatic carbocycles. The van der Waals surface area contributed by atoms with Crippen LogP contribution in [0.25, 0.3) is 0 Å². The van der Waals surface area contributed by atoms with Gasteiger partial charge in [-0.2, -0.15) is 5.10 Å². The highest BCUT2D eigenvalue weighted by Gasteiger charge is 2.24. The van der Waals surface area contributed by atoms with Crippen molar-refractivity contribution in [1.29, 1.82) is 0 Å². The summed E-state index contributed by atoms with van der Waals surface area (Å²) in [6.07, 6.45) is 0.850. The van der Waals surface area contributed by atoms with Crippen molar-refractivity contribution >= 4 is 23.2 Å². The maximum atomic E-state index is 14.1. The highest BCUT2D eigenvalue weighted by atomic mass is 19.1. The van der Waals surface area contributed by atoms with Gasteiger partial charge >= 0.3 is 0 Å². The summed E-state index contributed by atoms with van der Waals surface area (Å²) in [6.45, 7) is 9.20. The van der Waals surface area contributed by atoms with Crippen molar-refractivity contribution < 1.29 is 14.0 Å². The molecule has 0 spiro atoms. The van der Waals surface area contributed by atoms with Gasteiger partial charge in [-0.1, -0.05) is 37.3 Å². The van der Waals surface area contributed by atoms with Crippen LogP contribution in [0.5, 0.6) is 0 Å². The molecule has 0 radical (unpaired) electrons. The maximum Gasteiger partial charge on any atom is 0.243 e. The number of benzene rings is 2. The molecule has 0 bridgehead atoms. The van der Waals surface area contributed by atoms with Gasteiger partial charge in [-0.05, 0) is 37.2 Å². The summed E-state index contributed by atoms with van der Waals surface area (Å²) in [5, 5.41) is 8.86. The molecule has 1 unspecified atom stereocenters. The summed E-state index contributed by atoms with van der Waals surface area (Å²) in [5.74, 6) is -0.726. The fraction of sp³-hybridized carbons (Fsp3) is 0.444. The third-order valence-corrected chi connectivity index (χ3v) is 6.76. The van der Waals surface area contributed by atoms with Crippen LogP contribution in [0.1, 0.15) is 50.3 Å². The van der Waals surface area contributed by atoms with Crippen molar-refractivity contribution in [3.63, 3.8) is 0 Å². The number of halogens is 1. The van der Waals surface area contributed by atoms with E-state index in [1.807, 2.05) is 37.3 Å². The maximum absolute atomic E-state index is 14.1. The second-order valence-corrected chi connectivity index (χ2v) is 9.09. The molecule has 2 amide bonds. The van der Waals surface area contributed by atoms with E-state index < -0.39 is 0 Å². The number of hydrogen-bond donors (Lipinski definition) is 1. The van der Waals surface area contributed by atoms with E-state index in [0.717, 1.165) is 55.2 Å². The molecule has 7 nitrogen and oxygen atoms in total. The molecule has 0 aromatic heterocycles. The fourth-order valence-electron chi connectivity index (χ4n) is 4.68. The van der Waals surface area contributed by atoms with Gasteiger partial charge in [0.2, 0.25) is 11.8 Å². The van der Waals surface area contributed by atoms with E-state index in [2.05, 4.69) is 27.1 Å². The quantitative estimate of drug-likeness (QED) is 0.629. The second kappa shape index (κ2) is 11.4. The van der Waals surface area contributed by atoms with Gasteiger partial charge in [0, 0.05) is 56.7 Å². The Kier molecular flexibility index (Phi) is 8.13. The fourth-order valence-corrected chi connectivity index (χ4v) is 4.68. The van der Waals surface area contributed by atoms with Crippen LogP contribution in [-0.2, 0) is 9.59 Å². The molecule has 0 saturated carbocycles. The summed E-state index contributed by atoms with van der Waals surface area (Å²) < 4.78 is 14.1. The van der Waals surface area contributed by atoms with Crippen LogP contribution in [0.2, 0.25) is 0 Å². The Bertz CT molecular complexity index is 1070. The third kappa shape index (κ3) is 6.25. The number of rotatable bonds is 8. The number of amides is 2. The summed E-state index contributed by atoms with van der Waals surface area (Å²) in [5.41, 5.74) is 3.60. The first-order chi connectivity index (χ1) is 16.9. The lowest BCUT2D eigenvalue weighted by Gasteiger charge is -2.37. The molecule has 1 saturated heterocycles. The van der Waals surface area contributed by atoms with Gasteiger partial charge in [0.15, 0.2) is 0 Å². The molecule has 2 aromatic carbocycles. The van der Waals surface area contributed by atoms with Crippen LogP contribution < -0.4 is 10.2 Å². The van der Waals surface area contributed by atoms with Crippen LogP contribution in [0.15, 0.2) is 53.6 Å². The van der Waals surface area contributed by atoms with Gasteiger partial charge in [0.05, 0.1) is 18.3 Å². The van der Waals surface area contributed by atoms with Crippen molar-refractivity contribution in [3.05, 3.63) is 65.5 Å². The molecule has 35 heavy (non-hydrogen) atoms. The van der Waals surface area contributed by atoms with E-state index in [9.17, 15) is 14.0 Å². The molecule has 2 aliphatic rings. The Labute approximate surface area is 206 Å². The summed E-state index contributed by atoms with van der Waals surface area (Å²) in [4.78, 5) is 29.9. The molecule has 1 N–H and O–H groups in total. The summed E-state index contributed by atoms with van der Waals surface area (Å²) >= 11 is 0. The monoisotopic (exact) mass is 479 g/mol. The molecule has 186 valence electrons. The van der Waals surface area contributed by atoms with Crippen molar-refractivity contribution in [1.82, 2.24) is 15.2 Å². The van der Waals surface area contributed by atoms with Gasteiger partial charge in [0.1, 0.15) is 5.82 Å². The zero-order valence-electron chi connectivity index (χ0n) is 20.5. The lowest BCUT2D eigenvalue weighted by atomic mass is 10.0. The van der Waals surface area contributed by atoms with Crippen molar-refractivity contribution in [3.8, 4) is 0 Å². The van der Waals surface area contributed by atoms with E-state index in [1.54, 1.807) is 6.07 Å². The minimum atomic E-state index is -0.373. The van der Waals surface area contributed by atoms with Gasteiger partial charge in [-0.15, -0.1) is 0 Å². The average Bonchev–Trinajstić information content (AvgIpc) is 3.38. The Morgan fingerprint density at radius 1 is 1.03 bits per heavy atom. The topological polar surface area (TPSA) is 68.2 Å². The molecule has 1 fully saturated rings. The standard InChI is InChI=1S/C27H34FN5O2/c1-3-31-15-17-32(18-16-31)25-10-9-22(28)19-23(25)20(2)29-26(34)11-12-27(35)33-14-13-24(30-33)21-7-5-4-6-8-21/h4-10,19-20H,3,11-18H2,1-2H3,(H,29,34). The van der Waals surface area contributed by atoms with E-state index >= 15 is 0 Å². The van der Waals surface area contributed by atoms with Gasteiger partial charge in [-0.25, -0.2) is 9.40 Å². The number of likely N-dealkylation sites (N-methyl/N-ethyl adjacent to an activating group) is 1. The van der Waals surface area contributed by atoms with Crippen LogP contribution in [0.3, 0.4) is 0 Å². The van der Waals surface area contributed by atoms with Crippen molar-refractivity contribution in [2.75, 3.05) is 44.2 Å². The number of nitrogens with one attached hydrogen (secondary N) is 1. The lowest BCUT2D eigenvalue weighted by Crippen LogP contribution is -2.46. The molecule has 8 heteroatoms. The Morgan fingerprint density at radius 2 is 1.77 bits per heavy atom. The number of anilines is 1. The van der Waals surface area contributed by atoms with Gasteiger partial charge in [0.25, 0.3) is 0 Å².